The first-order chi connectivity index (χ1) is 8.22. The first-order valence-corrected chi connectivity index (χ1v) is 6.16. The van der Waals surface area contributed by atoms with Crippen molar-refractivity contribution in [3.8, 4) is 0 Å². The fourth-order valence-electron chi connectivity index (χ4n) is 2.37. The standard InChI is InChI=1S/C12H20N4O/c1-9-11(8-14-15-9)12(17)16-5-3-10(4-6-16)7-13-2/h8,10,13H,3-7H2,1-2H3,(H,14,15). The lowest BCUT2D eigenvalue weighted by atomic mass is 9.96. The number of amides is 1. The molecule has 17 heavy (non-hydrogen) atoms. The second-order valence-corrected chi connectivity index (χ2v) is 4.70. The summed E-state index contributed by atoms with van der Waals surface area (Å²) in [6.45, 7) is 4.65. The first-order valence-electron chi connectivity index (χ1n) is 6.16. The molecule has 1 aliphatic heterocycles. The van der Waals surface area contributed by atoms with E-state index in [4.69, 9.17) is 0 Å². The van der Waals surface area contributed by atoms with Gasteiger partial charge in [-0.25, -0.2) is 0 Å². The quantitative estimate of drug-likeness (QED) is 0.815. The number of piperidine rings is 1. The normalized spacial score (nSPS) is 17.4. The van der Waals surface area contributed by atoms with E-state index in [9.17, 15) is 4.79 Å². The van der Waals surface area contributed by atoms with Crippen LogP contribution in [0.4, 0.5) is 0 Å². The Morgan fingerprint density at radius 2 is 2.29 bits per heavy atom. The predicted octanol–water partition coefficient (Wildman–Crippen LogP) is 0.790. The summed E-state index contributed by atoms with van der Waals surface area (Å²) in [4.78, 5) is 14.1. The molecule has 0 radical (unpaired) electrons. The van der Waals surface area contributed by atoms with Gasteiger partial charge in [0.1, 0.15) is 0 Å². The van der Waals surface area contributed by atoms with E-state index >= 15 is 0 Å². The third kappa shape index (κ3) is 2.66. The van der Waals surface area contributed by atoms with Crippen molar-refractivity contribution in [2.24, 2.45) is 5.92 Å². The van der Waals surface area contributed by atoms with Crippen molar-refractivity contribution < 1.29 is 4.79 Å². The molecule has 0 atom stereocenters. The highest BCUT2D eigenvalue weighted by molar-refractivity contribution is 5.95. The van der Waals surface area contributed by atoms with Gasteiger partial charge >= 0.3 is 0 Å². The van der Waals surface area contributed by atoms with Crippen LogP contribution in [0.1, 0.15) is 28.9 Å². The molecule has 1 aliphatic rings. The molecule has 0 spiro atoms. The van der Waals surface area contributed by atoms with Crippen LogP contribution < -0.4 is 5.32 Å². The third-order valence-corrected chi connectivity index (χ3v) is 3.45. The van der Waals surface area contributed by atoms with Gasteiger partial charge in [0.15, 0.2) is 0 Å². The number of aromatic nitrogens is 2. The van der Waals surface area contributed by atoms with E-state index in [1.54, 1.807) is 6.20 Å². The molecule has 0 bridgehead atoms. The SMILES string of the molecule is CNCC1CCN(C(=O)c2cn[nH]c2C)CC1. The number of aryl methyl sites for hydroxylation is 1. The maximum absolute atomic E-state index is 12.2. The number of aromatic amines is 1. The molecule has 5 nitrogen and oxygen atoms in total. The average molecular weight is 236 g/mol. The Labute approximate surface area is 102 Å². The monoisotopic (exact) mass is 236 g/mol. The van der Waals surface area contributed by atoms with Gasteiger partial charge in [-0.1, -0.05) is 0 Å². The molecule has 0 unspecified atom stereocenters. The second-order valence-electron chi connectivity index (χ2n) is 4.70. The number of H-pyrrole nitrogens is 1. The summed E-state index contributed by atoms with van der Waals surface area (Å²) in [5, 5.41) is 9.91. The van der Waals surface area contributed by atoms with Gasteiger partial charge in [0.05, 0.1) is 11.8 Å². The number of rotatable bonds is 3. The van der Waals surface area contributed by atoms with Gasteiger partial charge in [-0.3, -0.25) is 9.89 Å². The minimum atomic E-state index is 0.110. The zero-order chi connectivity index (χ0) is 12.3. The van der Waals surface area contributed by atoms with Crippen molar-refractivity contribution >= 4 is 5.91 Å². The van der Waals surface area contributed by atoms with Crippen LogP contribution in [0, 0.1) is 12.8 Å². The number of nitrogens with one attached hydrogen (secondary N) is 2. The molecular formula is C12H20N4O. The number of hydrogen-bond donors (Lipinski definition) is 2. The summed E-state index contributed by atoms with van der Waals surface area (Å²) in [6.07, 6.45) is 3.80. The van der Waals surface area contributed by atoms with E-state index in [1.807, 2.05) is 18.9 Å². The van der Waals surface area contributed by atoms with E-state index in [2.05, 4.69) is 15.5 Å². The van der Waals surface area contributed by atoms with Gasteiger partial charge in [0.25, 0.3) is 5.91 Å². The first kappa shape index (κ1) is 12.1. The smallest absolute Gasteiger partial charge is 0.257 e. The summed E-state index contributed by atoms with van der Waals surface area (Å²) < 4.78 is 0. The van der Waals surface area contributed by atoms with Crippen LogP contribution in [0.2, 0.25) is 0 Å². The Morgan fingerprint density at radius 1 is 1.59 bits per heavy atom. The van der Waals surface area contributed by atoms with Gasteiger partial charge < -0.3 is 10.2 Å². The molecule has 1 amide bonds. The van der Waals surface area contributed by atoms with Crippen LogP contribution in [0.3, 0.4) is 0 Å². The van der Waals surface area contributed by atoms with Crippen LogP contribution in [0.15, 0.2) is 6.20 Å². The molecule has 1 saturated heterocycles. The van der Waals surface area contributed by atoms with Crippen molar-refractivity contribution in [1.29, 1.82) is 0 Å². The highest BCUT2D eigenvalue weighted by Crippen LogP contribution is 2.18. The largest absolute Gasteiger partial charge is 0.339 e. The molecule has 94 valence electrons. The fourth-order valence-corrected chi connectivity index (χ4v) is 2.37. The fraction of sp³-hybridized carbons (Fsp3) is 0.667. The third-order valence-electron chi connectivity index (χ3n) is 3.45. The van der Waals surface area contributed by atoms with E-state index < -0.39 is 0 Å². The minimum Gasteiger partial charge on any atom is -0.339 e. The van der Waals surface area contributed by atoms with E-state index in [1.165, 1.54) is 0 Å². The van der Waals surface area contributed by atoms with Crippen LogP contribution >= 0.6 is 0 Å². The average Bonchev–Trinajstić information content (AvgIpc) is 2.76. The molecule has 1 aromatic rings. The molecule has 2 heterocycles. The maximum atomic E-state index is 12.2. The predicted molar refractivity (Wildman–Crippen MR) is 65.9 cm³/mol. The molecule has 0 aliphatic carbocycles. The van der Waals surface area contributed by atoms with Crippen molar-refractivity contribution in [2.75, 3.05) is 26.7 Å². The highest BCUT2D eigenvalue weighted by atomic mass is 16.2. The molecule has 1 aromatic heterocycles. The van der Waals surface area contributed by atoms with Gasteiger partial charge in [-0.15, -0.1) is 0 Å². The van der Waals surface area contributed by atoms with Crippen LogP contribution in [-0.4, -0.2) is 47.7 Å². The Balaban J connectivity index is 1.93. The molecular weight excluding hydrogens is 216 g/mol. The second kappa shape index (κ2) is 5.31. The Morgan fingerprint density at radius 3 is 2.82 bits per heavy atom. The maximum Gasteiger partial charge on any atom is 0.257 e. The lowest BCUT2D eigenvalue weighted by Gasteiger charge is -2.31. The molecule has 2 rings (SSSR count). The minimum absolute atomic E-state index is 0.110. The molecule has 5 heteroatoms. The summed E-state index contributed by atoms with van der Waals surface area (Å²) in [6, 6.07) is 0. The summed E-state index contributed by atoms with van der Waals surface area (Å²) in [7, 11) is 1.98. The van der Waals surface area contributed by atoms with Gasteiger partial charge in [-0.2, -0.15) is 5.10 Å². The lowest BCUT2D eigenvalue weighted by Crippen LogP contribution is -2.40. The molecule has 0 aromatic carbocycles. The summed E-state index contributed by atoms with van der Waals surface area (Å²) >= 11 is 0. The molecule has 2 N–H and O–H groups in total. The number of hydrogen-bond acceptors (Lipinski definition) is 3. The van der Waals surface area contributed by atoms with Crippen molar-refractivity contribution in [1.82, 2.24) is 20.4 Å². The number of nitrogens with zero attached hydrogens (tertiary/aromatic N) is 2. The van der Waals surface area contributed by atoms with E-state index in [-0.39, 0.29) is 5.91 Å². The van der Waals surface area contributed by atoms with Crippen LogP contribution in [-0.2, 0) is 0 Å². The summed E-state index contributed by atoms with van der Waals surface area (Å²) in [5.74, 6) is 0.814. The van der Waals surface area contributed by atoms with E-state index in [0.29, 0.717) is 11.5 Å². The van der Waals surface area contributed by atoms with Gasteiger partial charge in [0.2, 0.25) is 0 Å². The van der Waals surface area contributed by atoms with Crippen molar-refractivity contribution in [3.63, 3.8) is 0 Å². The number of likely N-dealkylation sites (tertiary alicyclic amines) is 1. The van der Waals surface area contributed by atoms with Crippen molar-refractivity contribution in [3.05, 3.63) is 17.5 Å². The Hall–Kier alpha value is -1.36. The van der Waals surface area contributed by atoms with E-state index in [0.717, 1.165) is 38.2 Å². The number of carbonyl (C=O) groups is 1. The topological polar surface area (TPSA) is 61.0 Å². The summed E-state index contributed by atoms with van der Waals surface area (Å²) in [5.41, 5.74) is 1.56. The van der Waals surface area contributed by atoms with Gasteiger partial charge in [0, 0.05) is 18.8 Å². The Bertz CT molecular complexity index is 380. The zero-order valence-corrected chi connectivity index (χ0v) is 10.5. The van der Waals surface area contributed by atoms with Crippen LogP contribution in [0.5, 0.6) is 0 Å². The Kier molecular flexibility index (Phi) is 3.78. The highest BCUT2D eigenvalue weighted by Gasteiger charge is 2.24. The van der Waals surface area contributed by atoms with Gasteiger partial charge in [-0.05, 0) is 39.3 Å². The molecule has 0 saturated carbocycles. The van der Waals surface area contributed by atoms with Crippen LogP contribution in [0.25, 0.3) is 0 Å². The molecule has 1 fully saturated rings. The van der Waals surface area contributed by atoms with Crippen molar-refractivity contribution in [2.45, 2.75) is 19.8 Å². The lowest BCUT2D eigenvalue weighted by molar-refractivity contribution is 0.0690. The number of carbonyl (C=O) groups excluding carboxylic acids is 1. The zero-order valence-electron chi connectivity index (χ0n) is 10.5.